The maximum Gasteiger partial charge on any atom is 0.228 e. The van der Waals surface area contributed by atoms with E-state index in [9.17, 15) is 4.79 Å². The predicted molar refractivity (Wildman–Crippen MR) is 95.7 cm³/mol. The van der Waals surface area contributed by atoms with Gasteiger partial charge in [0.1, 0.15) is 17.4 Å². The van der Waals surface area contributed by atoms with Crippen LogP contribution in [0.2, 0.25) is 5.02 Å². The molecule has 0 atom stereocenters. The maximum atomic E-state index is 12.3. The van der Waals surface area contributed by atoms with Crippen LogP contribution in [-0.2, 0) is 17.8 Å². The molecule has 0 unspecified atom stereocenters. The number of piperazine rings is 1. The first kappa shape index (κ1) is 17.2. The lowest BCUT2D eigenvalue weighted by molar-refractivity contribution is -0.132. The van der Waals surface area contributed by atoms with Crippen molar-refractivity contribution in [3.63, 3.8) is 0 Å². The number of carbonyl (C=O) groups excluding carboxylic acids is 1. The van der Waals surface area contributed by atoms with Crippen molar-refractivity contribution >= 4 is 28.8 Å². The lowest BCUT2D eigenvalue weighted by Gasteiger charge is -2.32. The van der Waals surface area contributed by atoms with Crippen molar-refractivity contribution in [1.82, 2.24) is 14.8 Å². The number of hydrogen-bond acceptors (Lipinski definition) is 5. The molecular formula is C17H20ClN3O2S. The van der Waals surface area contributed by atoms with E-state index in [-0.39, 0.29) is 5.91 Å². The second-order valence-corrected chi connectivity index (χ2v) is 7.22. The fourth-order valence-corrected chi connectivity index (χ4v) is 3.33. The molecule has 1 aromatic carbocycles. The summed E-state index contributed by atoms with van der Waals surface area (Å²) in [5.41, 5.74) is 0.818. The standard InChI is InChI=1S/C17H20ClN3O2S/c1-20-6-8-21(9-7-20)17(22)10-14-12-24-16(19-14)11-23-15-4-2-13(18)3-5-15/h2-5,12H,6-11H2,1H3. The summed E-state index contributed by atoms with van der Waals surface area (Å²) < 4.78 is 5.68. The Morgan fingerprint density at radius 2 is 1.96 bits per heavy atom. The van der Waals surface area contributed by atoms with E-state index in [1.54, 1.807) is 12.1 Å². The van der Waals surface area contributed by atoms with Gasteiger partial charge in [0, 0.05) is 36.6 Å². The van der Waals surface area contributed by atoms with Crippen molar-refractivity contribution in [2.24, 2.45) is 0 Å². The lowest BCUT2D eigenvalue weighted by Crippen LogP contribution is -2.47. The molecule has 2 heterocycles. The van der Waals surface area contributed by atoms with Gasteiger partial charge in [0.05, 0.1) is 12.1 Å². The highest BCUT2D eigenvalue weighted by molar-refractivity contribution is 7.09. The molecule has 24 heavy (non-hydrogen) atoms. The molecule has 1 aliphatic rings. The summed E-state index contributed by atoms with van der Waals surface area (Å²) in [6.45, 7) is 3.86. The van der Waals surface area contributed by atoms with E-state index in [4.69, 9.17) is 16.3 Å². The summed E-state index contributed by atoms with van der Waals surface area (Å²) in [6.07, 6.45) is 0.362. The van der Waals surface area contributed by atoms with Crippen LogP contribution >= 0.6 is 22.9 Å². The molecule has 0 spiro atoms. The molecule has 1 aromatic heterocycles. The number of benzene rings is 1. The second-order valence-electron chi connectivity index (χ2n) is 5.84. The zero-order chi connectivity index (χ0) is 16.9. The Morgan fingerprint density at radius 3 is 2.67 bits per heavy atom. The third-order valence-corrected chi connectivity index (χ3v) is 5.09. The summed E-state index contributed by atoms with van der Waals surface area (Å²) in [6, 6.07) is 7.24. The predicted octanol–water partition coefficient (Wildman–Crippen LogP) is 2.69. The minimum absolute atomic E-state index is 0.151. The Labute approximate surface area is 150 Å². The van der Waals surface area contributed by atoms with E-state index in [1.807, 2.05) is 22.4 Å². The van der Waals surface area contributed by atoms with Crippen LogP contribution in [-0.4, -0.2) is 53.9 Å². The van der Waals surface area contributed by atoms with Gasteiger partial charge in [-0.15, -0.1) is 11.3 Å². The maximum absolute atomic E-state index is 12.3. The number of likely N-dealkylation sites (N-methyl/N-ethyl adjacent to an activating group) is 1. The van der Waals surface area contributed by atoms with E-state index in [2.05, 4.69) is 16.9 Å². The fraction of sp³-hybridized carbons (Fsp3) is 0.412. The number of halogens is 1. The molecule has 1 saturated heterocycles. The van der Waals surface area contributed by atoms with Gasteiger partial charge in [-0.1, -0.05) is 11.6 Å². The third kappa shape index (κ3) is 4.69. The van der Waals surface area contributed by atoms with E-state index in [1.165, 1.54) is 11.3 Å². The highest BCUT2D eigenvalue weighted by Crippen LogP contribution is 2.18. The molecule has 0 radical (unpaired) electrons. The van der Waals surface area contributed by atoms with Crippen LogP contribution < -0.4 is 4.74 Å². The van der Waals surface area contributed by atoms with E-state index in [0.717, 1.165) is 42.6 Å². The van der Waals surface area contributed by atoms with Crippen molar-refractivity contribution in [1.29, 1.82) is 0 Å². The Hall–Kier alpha value is -1.63. The molecule has 1 fully saturated rings. The van der Waals surface area contributed by atoms with Crippen molar-refractivity contribution in [2.75, 3.05) is 33.2 Å². The van der Waals surface area contributed by atoms with Crippen LogP contribution in [0, 0.1) is 0 Å². The van der Waals surface area contributed by atoms with Crippen molar-refractivity contribution < 1.29 is 9.53 Å². The van der Waals surface area contributed by atoms with E-state index >= 15 is 0 Å². The summed E-state index contributed by atoms with van der Waals surface area (Å²) in [5, 5.41) is 3.49. The van der Waals surface area contributed by atoms with Gasteiger partial charge in [0.15, 0.2) is 0 Å². The quantitative estimate of drug-likeness (QED) is 0.817. The topological polar surface area (TPSA) is 45.7 Å². The Morgan fingerprint density at radius 1 is 1.25 bits per heavy atom. The minimum atomic E-state index is 0.151. The average Bonchev–Trinajstić information content (AvgIpc) is 3.02. The minimum Gasteiger partial charge on any atom is -0.486 e. The van der Waals surface area contributed by atoms with Crippen LogP contribution in [0.4, 0.5) is 0 Å². The van der Waals surface area contributed by atoms with Gasteiger partial charge < -0.3 is 14.5 Å². The molecule has 3 rings (SSSR count). The second kappa shape index (κ2) is 7.96. The fourth-order valence-electron chi connectivity index (χ4n) is 2.49. The molecule has 1 aliphatic heterocycles. The third-order valence-electron chi connectivity index (χ3n) is 3.96. The van der Waals surface area contributed by atoms with Gasteiger partial charge in [0.2, 0.25) is 5.91 Å². The summed E-state index contributed by atoms with van der Waals surface area (Å²) >= 11 is 7.37. The lowest BCUT2D eigenvalue weighted by atomic mass is 10.2. The van der Waals surface area contributed by atoms with E-state index < -0.39 is 0 Å². The zero-order valence-corrected chi connectivity index (χ0v) is 15.1. The van der Waals surface area contributed by atoms with Gasteiger partial charge in [-0.25, -0.2) is 4.98 Å². The normalized spacial score (nSPS) is 15.5. The molecule has 0 aliphatic carbocycles. The first-order valence-corrected chi connectivity index (χ1v) is 9.14. The molecule has 2 aromatic rings. The Balaban J connectivity index is 1.50. The van der Waals surface area contributed by atoms with Gasteiger partial charge in [-0.05, 0) is 31.3 Å². The zero-order valence-electron chi connectivity index (χ0n) is 13.6. The largest absolute Gasteiger partial charge is 0.486 e. The van der Waals surface area contributed by atoms with Crippen LogP contribution in [0.1, 0.15) is 10.7 Å². The number of ether oxygens (including phenoxy) is 1. The summed E-state index contributed by atoms with van der Waals surface area (Å²) in [5.74, 6) is 0.906. The average molecular weight is 366 g/mol. The molecule has 0 saturated carbocycles. The summed E-state index contributed by atoms with van der Waals surface area (Å²) in [4.78, 5) is 21.0. The molecular weight excluding hydrogens is 346 g/mol. The van der Waals surface area contributed by atoms with Crippen molar-refractivity contribution in [2.45, 2.75) is 13.0 Å². The molecule has 7 heteroatoms. The van der Waals surface area contributed by atoms with Crippen LogP contribution in [0.3, 0.4) is 0 Å². The number of thiazole rings is 1. The molecule has 1 amide bonds. The number of aromatic nitrogens is 1. The first-order chi connectivity index (χ1) is 11.6. The van der Waals surface area contributed by atoms with Gasteiger partial charge >= 0.3 is 0 Å². The molecule has 5 nitrogen and oxygen atoms in total. The van der Waals surface area contributed by atoms with Crippen LogP contribution in [0.5, 0.6) is 5.75 Å². The molecule has 0 bridgehead atoms. The van der Waals surface area contributed by atoms with Crippen molar-refractivity contribution in [3.05, 3.63) is 45.4 Å². The van der Waals surface area contributed by atoms with Crippen LogP contribution in [0.25, 0.3) is 0 Å². The molecule has 0 N–H and O–H groups in total. The molecule has 128 valence electrons. The number of rotatable bonds is 5. The monoisotopic (exact) mass is 365 g/mol. The van der Waals surface area contributed by atoms with Crippen molar-refractivity contribution in [3.8, 4) is 5.75 Å². The number of amides is 1. The SMILES string of the molecule is CN1CCN(C(=O)Cc2csc(COc3ccc(Cl)cc3)n2)CC1. The highest BCUT2D eigenvalue weighted by atomic mass is 35.5. The number of hydrogen-bond donors (Lipinski definition) is 0. The van der Waals surface area contributed by atoms with Gasteiger partial charge in [-0.3, -0.25) is 4.79 Å². The number of nitrogens with zero attached hydrogens (tertiary/aromatic N) is 3. The first-order valence-electron chi connectivity index (χ1n) is 7.88. The smallest absolute Gasteiger partial charge is 0.228 e. The van der Waals surface area contributed by atoms with Gasteiger partial charge in [-0.2, -0.15) is 0 Å². The van der Waals surface area contributed by atoms with Gasteiger partial charge in [0.25, 0.3) is 0 Å². The Kier molecular flexibility index (Phi) is 5.71. The number of carbonyl (C=O) groups is 1. The Bertz CT molecular complexity index is 681. The highest BCUT2D eigenvalue weighted by Gasteiger charge is 2.20. The summed E-state index contributed by atoms with van der Waals surface area (Å²) in [7, 11) is 2.08. The van der Waals surface area contributed by atoms with Crippen LogP contribution in [0.15, 0.2) is 29.6 Å². The van der Waals surface area contributed by atoms with E-state index in [0.29, 0.717) is 18.1 Å².